The zero-order valence-corrected chi connectivity index (χ0v) is 15.3. The average molecular weight is 403 g/mol. The minimum Gasteiger partial charge on any atom is -0.485 e. The van der Waals surface area contributed by atoms with Gasteiger partial charge in [0.05, 0.1) is 0 Å². The molecule has 4 heteroatoms. The number of hydrogen-bond acceptors (Lipinski definition) is 1. The molecule has 0 aliphatic carbocycles. The van der Waals surface area contributed by atoms with Crippen LogP contribution in [0.25, 0.3) is 11.1 Å². The van der Waals surface area contributed by atoms with Crippen molar-refractivity contribution < 1.29 is 13.5 Å². The predicted molar refractivity (Wildman–Crippen MR) is 99.9 cm³/mol. The standard InChI is InChI=1S/C21H17BrF2O/c1-14-18(17-8-3-2-4-9-17)11-19(23)20(24)21(14)25-13-16-7-5-6-15(10-16)12-22/h2-11H,12-13H2,1H3. The molecule has 1 nitrogen and oxygen atoms in total. The zero-order chi connectivity index (χ0) is 17.8. The summed E-state index contributed by atoms with van der Waals surface area (Å²) in [6, 6.07) is 18.3. The van der Waals surface area contributed by atoms with Crippen LogP contribution in [0.2, 0.25) is 0 Å². The fourth-order valence-corrected chi connectivity index (χ4v) is 3.09. The lowest BCUT2D eigenvalue weighted by Crippen LogP contribution is -2.03. The lowest BCUT2D eigenvalue weighted by Gasteiger charge is -2.15. The lowest BCUT2D eigenvalue weighted by atomic mass is 9.99. The van der Waals surface area contributed by atoms with Crippen molar-refractivity contribution in [1.29, 1.82) is 0 Å². The van der Waals surface area contributed by atoms with Gasteiger partial charge in [0.15, 0.2) is 11.6 Å². The molecule has 0 aliphatic rings. The minimum atomic E-state index is -0.950. The van der Waals surface area contributed by atoms with Crippen LogP contribution < -0.4 is 4.74 Å². The third-order valence-corrected chi connectivity index (χ3v) is 4.69. The van der Waals surface area contributed by atoms with Gasteiger partial charge in [-0.1, -0.05) is 70.5 Å². The van der Waals surface area contributed by atoms with Crippen LogP contribution >= 0.6 is 15.9 Å². The maximum Gasteiger partial charge on any atom is 0.200 e. The Morgan fingerprint density at radius 2 is 1.64 bits per heavy atom. The number of ether oxygens (including phenoxy) is 1. The van der Waals surface area contributed by atoms with E-state index in [2.05, 4.69) is 15.9 Å². The molecule has 0 saturated heterocycles. The number of halogens is 3. The summed E-state index contributed by atoms with van der Waals surface area (Å²) in [6.07, 6.45) is 0. The van der Waals surface area contributed by atoms with Crippen molar-refractivity contribution in [3.63, 3.8) is 0 Å². The second-order valence-electron chi connectivity index (χ2n) is 5.78. The van der Waals surface area contributed by atoms with Crippen molar-refractivity contribution in [2.24, 2.45) is 0 Å². The number of hydrogen-bond donors (Lipinski definition) is 0. The van der Waals surface area contributed by atoms with Crippen molar-refractivity contribution in [1.82, 2.24) is 0 Å². The highest BCUT2D eigenvalue weighted by molar-refractivity contribution is 9.08. The Hall–Kier alpha value is -2.20. The smallest absolute Gasteiger partial charge is 0.200 e. The third-order valence-electron chi connectivity index (χ3n) is 4.04. The average Bonchev–Trinajstić information content (AvgIpc) is 2.65. The Balaban J connectivity index is 1.94. The van der Waals surface area contributed by atoms with Gasteiger partial charge in [-0.25, -0.2) is 4.39 Å². The molecule has 0 heterocycles. The van der Waals surface area contributed by atoms with E-state index in [1.807, 2.05) is 54.6 Å². The molecule has 0 N–H and O–H groups in total. The van der Waals surface area contributed by atoms with Crippen LogP contribution in [0.15, 0.2) is 60.7 Å². The summed E-state index contributed by atoms with van der Waals surface area (Å²) in [4.78, 5) is 0. The van der Waals surface area contributed by atoms with Crippen molar-refractivity contribution in [2.75, 3.05) is 0 Å². The van der Waals surface area contributed by atoms with Crippen LogP contribution in [0.5, 0.6) is 5.75 Å². The molecule has 0 aliphatic heterocycles. The topological polar surface area (TPSA) is 9.23 Å². The summed E-state index contributed by atoms with van der Waals surface area (Å²) >= 11 is 3.41. The summed E-state index contributed by atoms with van der Waals surface area (Å²) in [5, 5.41) is 0.729. The lowest BCUT2D eigenvalue weighted by molar-refractivity contribution is 0.282. The monoisotopic (exact) mass is 402 g/mol. The zero-order valence-electron chi connectivity index (χ0n) is 13.7. The largest absolute Gasteiger partial charge is 0.485 e. The molecule has 0 saturated carbocycles. The Labute approximate surface area is 154 Å². The van der Waals surface area contributed by atoms with Crippen LogP contribution in [0, 0.1) is 18.6 Å². The number of rotatable bonds is 5. The van der Waals surface area contributed by atoms with Crippen LogP contribution in [0.4, 0.5) is 8.78 Å². The molecule has 0 aromatic heterocycles. The van der Waals surface area contributed by atoms with E-state index < -0.39 is 11.6 Å². The highest BCUT2D eigenvalue weighted by atomic mass is 79.9. The van der Waals surface area contributed by atoms with E-state index in [1.54, 1.807) is 6.92 Å². The van der Waals surface area contributed by atoms with E-state index in [1.165, 1.54) is 6.07 Å². The molecule has 0 spiro atoms. The first-order chi connectivity index (χ1) is 12.1. The van der Waals surface area contributed by atoms with E-state index >= 15 is 0 Å². The molecule has 128 valence electrons. The highest BCUT2D eigenvalue weighted by Crippen LogP contribution is 2.34. The van der Waals surface area contributed by atoms with Gasteiger partial charge < -0.3 is 4.74 Å². The van der Waals surface area contributed by atoms with Gasteiger partial charge in [-0.05, 0) is 35.2 Å². The predicted octanol–water partition coefficient (Wildman–Crippen LogP) is 6.41. The molecule has 0 unspecified atom stereocenters. The molecule has 3 rings (SSSR count). The van der Waals surface area contributed by atoms with E-state index in [4.69, 9.17) is 4.74 Å². The summed E-state index contributed by atoms with van der Waals surface area (Å²) < 4.78 is 34.1. The Bertz CT molecular complexity index is 879. The van der Waals surface area contributed by atoms with E-state index in [9.17, 15) is 8.78 Å². The maximum absolute atomic E-state index is 14.3. The van der Waals surface area contributed by atoms with Crippen LogP contribution in [-0.4, -0.2) is 0 Å². The third kappa shape index (κ3) is 3.90. The second-order valence-corrected chi connectivity index (χ2v) is 6.34. The first-order valence-corrected chi connectivity index (χ1v) is 9.03. The first-order valence-electron chi connectivity index (χ1n) is 7.90. The molecule has 0 amide bonds. The van der Waals surface area contributed by atoms with E-state index in [0.717, 1.165) is 22.0 Å². The summed E-state index contributed by atoms with van der Waals surface area (Å²) in [5.41, 5.74) is 4.04. The molecule has 0 radical (unpaired) electrons. The molecular formula is C21H17BrF2O. The Morgan fingerprint density at radius 3 is 2.36 bits per heavy atom. The van der Waals surface area contributed by atoms with Crippen molar-refractivity contribution in [3.05, 3.63) is 89.0 Å². The van der Waals surface area contributed by atoms with E-state index in [-0.39, 0.29) is 12.4 Å². The number of alkyl halides is 1. The van der Waals surface area contributed by atoms with Crippen LogP contribution in [0.1, 0.15) is 16.7 Å². The van der Waals surface area contributed by atoms with Crippen molar-refractivity contribution >= 4 is 15.9 Å². The molecule has 0 atom stereocenters. The molecule has 3 aromatic carbocycles. The fourth-order valence-electron chi connectivity index (χ4n) is 2.74. The minimum absolute atomic E-state index is 0.0388. The summed E-state index contributed by atoms with van der Waals surface area (Å²) in [7, 11) is 0. The molecule has 3 aromatic rings. The van der Waals surface area contributed by atoms with Crippen molar-refractivity contribution in [2.45, 2.75) is 18.9 Å². The van der Waals surface area contributed by atoms with E-state index in [0.29, 0.717) is 11.1 Å². The van der Waals surface area contributed by atoms with Crippen LogP contribution in [-0.2, 0) is 11.9 Å². The maximum atomic E-state index is 14.3. The fraction of sp³-hybridized carbons (Fsp3) is 0.143. The van der Waals surface area contributed by atoms with Gasteiger partial charge in [0.2, 0.25) is 5.82 Å². The van der Waals surface area contributed by atoms with Gasteiger partial charge in [0, 0.05) is 10.9 Å². The SMILES string of the molecule is Cc1c(-c2ccccc2)cc(F)c(F)c1OCc1cccc(CBr)c1. The molecule has 0 fully saturated rings. The van der Waals surface area contributed by atoms with Crippen molar-refractivity contribution in [3.8, 4) is 16.9 Å². The first kappa shape index (κ1) is 17.6. The summed E-state index contributed by atoms with van der Waals surface area (Å²) in [6.45, 7) is 1.92. The van der Waals surface area contributed by atoms with Gasteiger partial charge >= 0.3 is 0 Å². The Kier molecular flexibility index (Phi) is 5.49. The Morgan fingerprint density at radius 1 is 0.920 bits per heavy atom. The number of benzene rings is 3. The molecular weight excluding hydrogens is 386 g/mol. The highest BCUT2D eigenvalue weighted by Gasteiger charge is 2.18. The van der Waals surface area contributed by atoms with Gasteiger partial charge in [0.25, 0.3) is 0 Å². The molecule has 25 heavy (non-hydrogen) atoms. The molecule has 0 bridgehead atoms. The van der Waals surface area contributed by atoms with Gasteiger partial charge in [-0.15, -0.1) is 0 Å². The van der Waals surface area contributed by atoms with Gasteiger partial charge in [-0.2, -0.15) is 4.39 Å². The van der Waals surface area contributed by atoms with Gasteiger partial charge in [0.1, 0.15) is 6.61 Å². The normalized spacial score (nSPS) is 10.7. The summed E-state index contributed by atoms with van der Waals surface area (Å²) in [5.74, 6) is -1.90. The second kappa shape index (κ2) is 7.79. The van der Waals surface area contributed by atoms with Gasteiger partial charge in [-0.3, -0.25) is 0 Å². The van der Waals surface area contributed by atoms with Crippen LogP contribution in [0.3, 0.4) is 0 Å². The quantitative estimate of drug-likeness (QED) is 0.447.